The number of furan rings is 1. The predicted molar refractivity (Wildman–Crippen MR) is 63.0 cm³/mol. The first-order chi connectivity index (χ1) is 7.09. The molecule has 0 amide bonds. The molecule has 0 bridgehead atoms. The molecular weight excluding hydrogens is 210 g/mol. The van der Waals surface area contributed by atoms with E-state index in [0.29, 0.717) is 10.9 Å². The number of halogens is 1. The first-order valence-electron chi connectivity index (χ1n) is 5.03. The quantitative estimate of drug-likeness (QED) is 0.843. The van der Waals surface area contributed by atoms with Crippen LogP contribution in [0.5, 0.6) is 0 Å². The van der Waals surface area contributed by atoms with Gasteiger partial charge in [0.05, 0.1) is 11.1 Å². The van der Waals surface area contributed by atoms with Crippen LogP contribution in [0.25, 0.3) is 11.0 Å². The van der Waals surface area contributed by atoms with Gasteiger partial charge >= 0.3 is 0 Å². The molecule has 1 aromatic carbocycles. The first kappa shape index (κ1) is 10.5. The van der Waals surface area contributed by atoms with Crippen molar-refractivity contribution in [2.75, 3.05) is 0 Å². The van der Waals surface area contributed by atoms with Crippen molar-refractivity contribution in [1.82, 2.24) is 0 Å². The smallest absolute Gasteiger partial charge is 0.152 e. The third kappa shape index (κ3) is 1.87. The highest BCUT2D eigenvalue weighted by Crippen LogP contribution is 2.30. The summed E-state index contributed by atoms with van der Waals surface area (Å²) in [5, 5.41) is 1.64. The molecular formula is C12H14ClNO. The Kier molecular flexibility index (Phi) is 2.72. The number of hydrogen-bond acceptors (Lipinski definition) is 2. The normalized spacial score (nSPS) is 13.7. The second-order valence-electron chi connectivity index (χ2n) is 4.08. The van der Waals surface area contributed by atoms with E-state index in [0.717, 1.165) is 16.7 Å². The molecule has 0 saturated heterocycles. The molecule has 2 aromatic rings. The van der Waals surface area contributed by atoms with Crippen molar-refractivity contribution in [3.05, 3.63) is 35.0 Å². The highest BCUT2D eigenvalue weighted by Gasteiger charge is 2.16. The molecule has 0 spiro atoms. The summed E-state index contributed by atoms with van der Waals surface area (Å²) in [6.45, 7) is 4.14. The van der Waals surface area contributed by atoms with Gasteiger partial charge in [0, 0.05) is 5.39 Å². The number of hydrogen-bond donors (Lipinski definition) is 1. The Balaban J connectivity index is 2.52. The van der Waals surface area contributed by atoms with E-state index < -0.39 is 0 Å². The minimum Gasteiger partial charge on any atom is -0.458 e. The Bertz CT molecular complexity index is 475. The van der Waals surface area contributed by atoms with Crippen LogP contribution in [0.15, 0.2) is 28.7 Å². The van der Waals surface area contributed by atoms with Gasteiger partial charge in [0.2, 0.25) is 0 Å². The molecule has 2 nitrogen and oxygen atoms in total. The number of fused-ring (bicyclic) bond motifs is 1. The Morgan fingerprint density at radius 1 is 1.33 bits per heavy atom. The number of benzene rings is 1. The fraction of sp³-hybridized carbons (Fsp3) is 0.333. The molecule has 3 heteroatoms. The fourth-order valence-corrected chi connectivity index (χ4v) is 1.76. The second-order valence-corrected chi connectivity index (χ2v) is 4.48. The Morgan fingerprint density at radius 3 is 2.67 bits per heavy atom. The summed E-state index contributed by atoms with van der Waals surface area (Å²) >= 11 is 6.02. The maximum absolute atomic E-state index is 6.02. The zero-order valence-corrected chi connectivity index (χ0v) is 9.58. The Hall–Kier alpha value is -0.990. The highest BCUT2D eigenvalue weighted by atomic mass is 35.5. The Morgan fingerprint density at radius 2 is 2.07 bits per heavy atom. The molecule has 15 heavy (non-hydrogen) atoms. The van der Waals surface area contributed by atoms with Crippen LogP contribution in [-0.2, 0) is 0 Å². The summed E-state index contributed by atoms with van der Waals surface area (Å²) < 4.78 is 5.66. The molecule has 1 atom stereocenters. The van der Waals surface area contributed by atoms with E-state index in [1.807, 2.05) is 24.3 Å². The lowest BCUT2D eigenvalue weighted by atomic mass is 10.0. The van der Waals surface area contributed by atoms with Crippen molar-refractivity contribution in [2.45, 2.75) is 19.9 Å². The van der Waals surface area contributed by atoms with E-state index in [-0.39, 0.29) is 6.04 Å². The summed E-state index contributed by atoms with van der Waals surface area (Å²) in [6.07, 6.45) is 0. The monoisotopic (exact) mass is 223 g/mol. The lowest BCUT2D eigenvalue weighted by molar-refractivity contribution is 0.418. The molecule has 80 valence electrons. The van der Waals surface area contributed by atoms with Crippen molar-refractivity contribution < 1.29 is 4.42 Å². The minimum absolute atomic E-state index is 0.0755. The first-order valence-corrected chi connectivity index (χ1v) is 5.41. The lowest BCUT2D eigenvalue weighted by Crippen LogP contribution is -2.15. The minimum atomic E-state index is -0.0755. The summed E-state index contributed by atoms with van der Waals surface area (Å²) in [6, 6.07) is 7.59. The van der Waals surface area contributed by atoms with E-state index in [9.17, 15) is 0 Å². The van der Waals surface area contributed by atoms with Gasteiger partial charge in [-0.25, -0.2) is 0 Å². The largest absolute Gasteiger partial charge is 0.458 e. The average Bonchev–Trinajstić information content (AvgIpc) is 2.61. The standard InChI is InChI=1S/C12H14ClNO/c1-7(2)11(14)10-6-8-4-3-5-9(13)12(8)15-10/h3-7,11H,14H2,1-2H3. The van der Waals surface area contributed by atoms with Gasteiger partial charge in [0.25, 0.3) is 0 Å². The third-order valence-corrected chi connectivity index (χ3v) is 2.86. The van der Waals surface area contributed by atoms with Crippen LogP contribution in [0.2, 0.25) is 5.02 Å². The molecule has 1 heterocycles. The molecule has 0 aliphatic heterocycles. The van der Waals surface area contributed by atoms with Gasteiger partial charge in [0.15, 0.2) is 5.58 Å². The van der Waals surface area contributed by atoms with Gasteiger partial charge in [-0.05, 0) is 18.1 Å². The maximum Gasteiger partial charge on any atom is 0.152 e. The molecule has 0 fully saturated rings. The van der Waals surface area contributed by atoms with E-state index in [1.165, 1.54) is 0 Å². The molecule has 0 saturated carbocycles. The van der Waals surface area contributed by atoms with Crippen molar-refractivity contribution in [2.24, 2.45) is 11.7 Å². The number of nitrogens with two attached hydrogens (primary N) is 1. The van der Waals surface area contributed by atoms with Gasteiger partial charge in [-0.2, -0.15) is 0 Å². The lowest BCUT2D eigenvalue weighted by Gasteiger charge is -2.11. The van der Waals surface area contributed by atoms with Crippen LogP contribution >= 0.6 is 11.6 Å². The molecule has 0 aliphatic carbocycles. The van der Waals surface area contributed by atoms with Crippen LogP contribution in [0.3, 0.4) is 0 Å². The SMILES string of the molecule is CC(C)C(N)c1cc2cccc(Cl)c2o1. The Labute approximate surface area is 94.0 Å². The average molecular weight is 224 g/mol. The zero-order valence-electron chi connectivity index (χ0n) is 8.83. The molecule has 0 radical (unpaired) electrons. The van der Waals surface area contributed by atoms with E-state index >= 15 is 0 Å². The van der Waals surface area contributed by atoms with Crippen LogP contribution in [0.4, 0.5) is 0 Å². The van der Waals surface area contributed by atoms with Crippen LogP contribution < -0.4 is 5.73 Å². The molecule has 1 aromatic heterocycles. The summed E-state index contributed by atoms with van der Waals surface area (Å²) in [7, 11) is 0. The van der Waals surface area contributed by atoms with Gasteiger partial charge in [0.1, 0.15) is 5.76 Å². The third-order valence-electron chi connectivity index (χ3n) is 2.56. The molecule has 1 unspecified atom stereocenters. The number of rotatable bonds is 2. The van der Waals surface area contributed by atoms with Crippen LogP contribution in [0.1, 0.15) is 25.6 Å². The summed E-state index contributed by atoms with van der Waals surface area (Å²) in [4.78, 5) is 0. The zero-order chi connectivity index (χ0) is 11.0. The van der Waals surface area contributed by atoms with Crippen molar-refractivity contribution in [3.63, 3.8) is 0 Å². The van der Waals surface area contributed by atoms with Crippen LogP contribution in [-0.4, -0.2) is 0 Å². The van der Waals surface area contributed by atoms with E-state index in [2.05, 4.69) is 13.8 Å². The van der Waals surface area contributed by atoms with Gasteiger partial charge < -0.3 is 10.2 Å². The van der Waals surface area contributed by atoms with E-state index in [4.69, 9.17) is 21.8 Å². The summed E-state index contributed by atoms with van der Waals surface area (Å²) in [5.41, 5.74) is 6.74. The van der Waals surface area contributed by atoms with Crippen molar-refractivity contribution >= 4 is 22.6 Å². The predicted octanol–water partition coefficient (Wildman–Crippen LogP) is 3.74. The van der Waals surface area contributed by atoms with Crippen LogP contribution in [0, 0.1) is 5.92 Å². The number of para-hydroxylation sites is 1. The molecule has 2 N–H and O–H groups in total. The molecule has 0 aliphatic rings. The topological polar surface area (TPSA) is 39.2 Å². The van der Waals surface area contributed by atoms with Gasteiger partial charge in [-0.15, -0.1) is 0 Å². The fourth-order valence-electron chi connectivity index (χ4n) is 1.54. The van der Waals surface area contributed by atoms with E-state index in [1.54, 1.807) is 0 Å². The second kappa shape index (κ2) is 3.87. The van der Waals surface area contributed by atoms with Crippen molar-refractivity contribution in [3.8, 4) is 0 Å². The van der Waals surface area contributed by atoms with Gasteiger partial charge in [-0.1, -0.05) is 37.6 Å². The van der Waals surface area contributed by atoms with Gasteiger partial charge in [-0.3, -0.25) is 0 Å². The maximum atomic E-state index is 6.02. The summed E-state index contributed by atoms with van der Waals surface area (Å²) in [5.74, 6) is 1.15. The molecule has 2 rings (SSSR count). The van der Waals surface area contributed by atoms with Crippen molar-refractivity contribution in [1.29, 1.82) is 0 Å². The highest BCUT2D eigenvalue weighted by molar-refractivity contribution is 6.34.